The summed E-state index contributed by atoms with van der Waals surface area (Å²) in [4.78, 5) is -0.619. The second kappa shape index (κ2) is 4.31. The lowest BCUT2D eigenvalue weighted by Crippen LogP contribution is -1.95. The average Bonchev–Trinajstić information content (AvgIpc) is 1.97. The van der Waals surface area contributed by atoms with E-state index in [0.29, 0.717) is 0 Å². The number of rotatable bonds is 2. The normalized spacial score (nSPS) is 12.5. The van der Waals surface area contributed by atoms with Crippen LogP contribution in [0.3, 0.4) is 0 Å². The molecule has 0 atom stereocenters. The summed E-state index contributed by atoms with van der Waals surface area (Å²) in [7, 11) is -1.53. The van der Waals surface area contributed by atoms with E-state index in [2.05, 4.69) is 4.36 Å². The minimum Gasteiger partial charge on any atom is -0.250 e. The van der Waals surface area contributed by atoms with Crippen LogP contribution in [0.5, 0.6) is 0 Å². The van der Waals surface area contributed by atoms with Gasteiger partial charge in [-0.15, -0.1) is 0 Å². The molecule has 4 nitrogen and oxygen atoms in total. The highest BCUT2D eigenvalue weighted by Crippen LogP contribution is 2.24. The van der Waals surface area contributed by atoms with Crippen LogP contribution in [-0.4, -0.2) is 25.1 Å². The molecule has 0 unspecified atom stereocenters. The number of nitrogens with zero attached hydrogens (tertiary/aromatic N) is 1. The molecule has 8 heteroatoms. The van der Waals surface area contributed by atoms with Gasteiger partial charge in [-0.05, 0) is 12.1 Å². The van der Waals surface area contributed by atoms with Crippen molar-refractivity contribution in [3.63, 3.8) is 0 Å². The smallest absolute Gasteiger partial charge is 0.250 e. The van der Waals surface area contributed by atoms with Crippen LogP contribution in [-0.2, 0) is 18.8 Å². The summed E-state index contributed by atoms with van der Waals surface area (Å²) in [6.07, 6.45) is 2.77. The van der Waals surface area contributed by atoms with Gasteiger partial charge < -0.3 is 0 Å². The highest BCUT2D eigenvalue weighted by molar-refractivity contribution is 8.13. The van der Waals surface area contributed by atoms with Gasteiger partial charge in [-0.1, -0.05) is 0 Å². The van der Waals surface area contributed by atoms with E-state index in [1.54, 1.807) is 0 Å². The van der Waals surface area contributed by atoms with E-state index in [4.69, 9.17) is 10.7 Å². The average molecular weight is 286 g/mol. The zero-order valence-corrected chi connectivity index (χ0v) is 10.9. The zero-order chi connectivity index (χ0) is 12.6. The van der Waals surface area contributed by atoms with Gasteiger partial charge in [0.2, 0.25) is 0 Å². The van der Waals surface area contributed by atoms with Crippen molar-refractivity contribution in [1.82, 2.24) is 0 Å². The monoisotopic (exact) mass is 285 g/mol. The maximum Gasteiger partial charge on any atom is 0.264 e. The Morgan fingerprint density at radius 2 is 1.81 bits per heavy atom. The maximum absolute atomic E-state index is 13.3. The quantitative estimate of drug-likeness (QED) is 0.782. The lowest BCUT2D eigenvalue weighted by Gasteiger charge is -2.00. The lowest BCUT2D eigenvalue weighted by atomic mass is 10.3. The highest BCUT2D eigenvalue weighted by Gasteiger charge is 2.16. The van der Waals surface area contributed by atoms with Crippen LogP contribution in [0.2, 0.25) is 0 Å². The van der Waals surface area contributed by atoms with Gasteiger partial charge in [0.05, 0.1) is 5.69 Å². The molecule has 16 heavy (non-hydrogen) atoms. The molecule has 90 valence electrons. The van der Waals surface area contributed by atoms with Crippen LogP contribution < -0.4 is 0 Å². The molecule has 1 aromatic carbocycles. The van der Waals surface area contributed by atoms with Crippen LogP contribution in [0.4, 0.5) is 10.1 Å². The van der Waals surface area contributed by atoms with Crippen LogP contribution in [0.15, 0.2) is 27.5 Å². The number of halogens is 2. The summed E-state index contributed by atoms with van der Waals surface area (Å²) >= 11 is 0. The second-order valence-corrected chi connectivity index (χ2v) is 8.40. The van der Waals surface area contributed by atoms with Crippen molar-refractivity contribution in [2.24, 2.45) is 4.36 Å². The van der Waals surface area contributed by atoms with Crippen molar-refractivity contribution < 1.29 is 17.0 Å². The van der Waals surface area contributed by atoms with Gasteiger partial charge in [-0.25, -0.2) is 17.0 Å². The molecule has 1 rings (SSSR count). The summed E-state index contributed by atoms with van der Waals surface area (Å²) in [5.41, 5.74) is 0.108. The first-order chi connectivity index (χ1) is 7.09. The van der Waals surface area contributed by atoms with Crippen molar-refractivity contribution in [2.75, 3.05) is 12.5 Å². The Morgan fingerprint density at radius 3 is 2.19 bits per heavy atom. The fraction of sp³-hybridized carbons (Fsp3) is 0.250. The first kappa shape index (κ1) is 13.4. The Hall–Kier alpha value is -0.660. The van der Waals surface area contributed by atoms with E-state index in [-0.39, 0.29) is 5.69 Å². The fourth-order valence-corrected chi connectivity index (χ4v) is 2.52. The SMILES string of the molecule is CS(C)(=O)=Nc1ccc(S(=O)(=O)Cl)c(F)c1. The first-order valence-corrected chi connectivity index (χ1v) is 8.65. The van der Waals surface area contributed by atoms with E-state index in [1.807, 2.05) is 0 Å². The van der Waals surface area contributed by atoms with Crippen molar-refractivity contribution in [1.29, 1.82) is 0 Å². The molecule has 0 radical (unpaired) electrons. The molecule has 0 aliphatic rings. The highest BCUT2D eigenvalue weighted by atomic mass is 35.7. The molecule has 0 spiro atoms. The molecule has 0 aliphatic carbocycles. The van der Waals surface area contributed by atoms with Gasteiger partial charge in [-0.3, -0.25) is 0 Å². The second-order valence-electron chi connectivity index (χ2n) is 3.33. The van der Waals surface area contributed by atoms with Gasteiger partial charge in [-0.2, -0.15) is 4.36 Å². The molecule has 0 fully saturated rings. The Labute approximate surface area is 98.0 Å². The third-order valence-electron chi connectivity index (χ3n) is 1.50. The van der Waals surface area contributed by atoms with Crippen LogP contribution in [0.25, 0.3) is 0 Å². The molecular weight excluding hydrogens is 277 g/mol. The molecule has 0 aliphatic heterocycles. The summed E-state index contributed by atoms with van der Waals surface area (Å²) in [6.45, 7) is 0. The van der Waals surface area contributed by atoms with E-state index < -0.39 is 29.5 Å². The minimum atomic E-state index is -4.11. The van der Waals surface area contributed by atoms with Crippen LogP contribution in [0.1, 0.15) is 0 Å². The molecule has 0 bridgehead atoms. The van der Waals surface area contributed by atoms with Crippen molar-refractivity contribution >= 4 is 35.1 Å². The molecule has 0 N–H and O–H groups in total. The predicted octanol–water partition coefficient (Wildman–Crippen LogP) is 2.11. The largest absolute Gasteiger partial charge is 0.264 e. The minimum absolute atomic E-state index is 0.108. The van der Waals surface area contributed by atoms with E-state index in [0.717, 1.165) is 12.1 Å². The Balaban J connectivity index is 3.37. The van der Waals surface area contributed by atoms with Crippen LogP contribution >= 0.6 is 10.7 Å². The van der Waals surface area contributed by atoms with Crippen LogP contribution in [0, 0.1) is 5.82 Å². The Bertz CT molecular complexity index is 625. The topological polar surface area (TPSA) is 63.6 Å². The third kappa shape index (κ3) is 3.73. The Kier molecular flexibility index (Phi) is 3.61. The van der Waals surface area contributed by atoms with E-state index >= 15 is 0 Å². The number of hydrogen-bond donors (Lipinski definition) is 0. The van der Waals surface area contributed by atoms with Gasteiger partial charge in [0.15, 0.2) is 0 Å². The standard InChI is InChI=1S/C8H9ClFNO3S2/c1-15(2,12)11-6-3-4-8(7(10)5-6)16(9,13)14/h3-5H,1-2H3. The van der Waals surface area contributed by atoms with Gasteiger partial charge >= 0.3 is 0 Å². The van der Waals surface area contributed by atoms with E-state index in [1.165, 1.54) is 18.6 Å². The van der Waals surface area contributed by atoms with E-state index in [9.17, 15) is 17.0 Å². The van der Waals surface area contributed by atoms with Gasteiger partial charge in [0.1, 0.15) is 10.7 Å². The van der Waals surface area contributed by atoms with Crippen molar-refractivity contribution in [3.8, 4) is 0 Å². The maximum atomic E-state index is 13.3. The predicted molar refractivity (Wildman–Crippen MR) is 61.5 cm³/mol. The third-order valence-corrected chi connectivity index (χ3v) is 3.51. The molecular formula is C8H9ClFNO3S2. The molecule has 0 saturated heterocycles. The number of benzene rings is 1. The van der Waals surface area contributed by atoms with Gasteiger partial charge in [0, 0.05) is 39.0 Å². The molecule has 0 saturated carbocycles. The fourth-order valence-electron chi connectivity index (χ4n) is 0.998. The van der Waals surface area contributed by atoms with Gasteiger partial charge in [0.25, 0.3) is 9.05 Å². The number of hydrogen-bond acceptors (Lipinski definition) is 4. The summed E-state index contributed by atoms with van der Waals surface area (Å²) in [6, 6.07) is 3.11. The Morgan fingerprint density at radius 1 is 1.25 bits per heavy atom. The summed E-state index contributed by atoms with van der Waals surface area (Å²) in [5, 5.41) is 0. The molecule has 1 aromatic rings. The first-order valence-electron chi connectivity index (χ1n) is 4.01. The molecule has 0 amide bonds. The molecule has 0 heterocycles. The molecule has 0 aromatic heterocycles. The zero-order valence-electron chi connectivity index (χ0n) is 8.48. The lowest BCUT2D eigenvalue weighted by molar-refractivity contribution is 0.576. The summed E-state index contributed by atoms with van der Waals surface area (Å²) in [5.74, 6) is -1.01. The van der Waals surface area contributed by atoms with Crippen molar-refractivity contribution in [2.45, 2.75) is 4.90 Å². The van der Waals surface area contributed by atoms with Crippen molar-refractivity contribution in [3.05, 3.63) is 24.0 Å². The summed E-state index contributed by atoms with van der Waals surface area (Å²) < 4.78 is 50.1.